The SMILES string of the molecule is Cc1ccc(C(=O)N(C)CCBr)c(F)c1. The first-order valence-corrected chi connectivity index (χ1v) is 5.76. The third kappa shape index (κ3) is 3.02. The summed E-state index contributed by atoms with van der Waals surface area (Å²) in [5.74, 6) is -0.742. The number of carbonyl (C=O) groups excluding carboxylic acids is 1. The van der Waals surface area contributed by atoms with E-state index in [1.807, 2.05) is 0 Å². The number of rotatable bonds is 3. The largest absolute Gasteiger partial charge is 0.341 e. The van der Waals surface area contributed by atoms with E-state index in [1.54, 1.807) is 20.0 Å². The summed E-state index contributed by atoms with van der Waals surface area (Å²) in [6, 6.07) is 4.63. The maximum atomic E-state index is 13.4. The highest BCUT2D eigenvalue weighted by molar-refractivity contribution is 9.09. The first-order chi connectivity index (χ1) is 7.06. The summed E-state index contributed by atoms with van der Waals surface area (Å²) in [6.45, 7) is 2.35. The second-order valence-electron chi connectivity index (χ2n) is 3.40. The molecular weight excluding hydrogens is 261 g/mol. The van der Waals surface area contributed by atoms with Gasteiger partial charge in [0.15, 0.2) is 0 Å². The predicted octanol–water partition coefficient (Wildman–Crippen LogP) is 2.60. The summed E-state index contributed by atoms with van der Waals surface area (Å²) in [7, 11) is 1.66. The van der Waals surface area contributed by atoms with Crippen molar-refractivity contribution in [3.05, 3.63) is 35.1 Å². The van der Waals surface area contributed by atoms with Gasteiger partial charge in [-0.3, -0.25) is 4.79 Å². The van der Waals surface area contributed by atoms with E-state index in [9.17, 15) is 9.18 Å². The van der Waals surface area contributed by atoms with E-state index < -0.39 is 5.82 Å². The fourth-order valence-corrected chi connectivity index (χ4v) is 1.76. The van der Waals surface area contributed by atoms with Gasteiger partial charge in [0.05, 0.1) is 5.56 Å². The molecule has 0 aliphatic heterocycles. The van der Waals surface area contributed by atoms with Gasteiger partial charge in [0, 0.05) is 18.9 Å². The molecule has 0 N–H and O–H groups in total. The average Bonchev–Trinajstić information content (AvgIpc) is 2.17. The molecule has 1 amide bonds. The summed E-state index contributed by atoms with van der Waals surface area (Å²) in [5, 5.41) is 0.683. The Bertz CT molecular complexity index is 368. The fourth-order valence-electron chi connectivity index (χ4n) is 1.23. The van der Waals surface area contributed by atoms with Crippen LogP contribution in [0.15, 0.2) is 18.2 Å². The predicted molar refractivity (Wildman–Crippen MR) is 61.9 cm³/mol. The van der Waals surface area contributed by atoms with E-state index in [-0.39, 0.29) is 11.5 Å². The van der Waals surface area contributed by atoms with Crippen molar-refractivity contribution in [2.45, 2.75) is 6.92 Å². The lowest BCUT2D eigenvalue weighted by Gasteiger charge is -2.16. The number of hydrogen-bond acceptors (Lipinski definition) is 1. The Balaban J connectivity index is 2.91. The van der Waals surface area contributed by atoms with Gasteiger partial charge in [0.2, 0.25) is 0 Å². The Morgan fingerprint density at radius 2 is 2.20 bits per heavy atom. The van der Waals surface area contributed by atoms with E-state index in [0.29, 0.717) is 11.9 Å². The van der Waals surface area contributed by atoms with Crippen LogP contribution in [0.4, 0.5) is 4.39 Å². The first-order valence-electron chi connectivity index (χ1n) is 4.64. The van der Waals surface area contributed by atoms with Crippen LogP contribution in [-0.4, -0.2) is 29.7 Å². The molecule has 0 saturated carbocycles. The maximum absolute atomic E-state index is 13.4. The van der Waals surface area contributed by atoms with Crippen molar-refractivity contribution in [3.8, 4) is 0 Å². The van der Waals surface area contributed by atoms with Gasteiger partial charge in [-0.2, -0.15) is 0 Å². The highest BCUT2D eigenvalue weighted by Crippen LogP contribution is 2.11. The normalized spacial score (nSPS) is 10.1. The Labute approximate surface area is 97.2 Å². The molecule has 0 heterocycles. The summed E-state index contributed by atoms with van der Waals surface area (Å²) in [6.07, 6.45) is 0. The molecule has 0 fully saturated rings. The number of halogens is 2. The second kappa shape index (κ2) is 5.26. The van der Waals surface area contributed by atoms with Gasteiger partial charge in [-0.05, 0) is 24.6 Å². The molecule has 0 saturated heterocycles. The summed E-state index contributed by atoms with van der Waals surface area (Å²) in [5.41, 5.74) is 0.941. The summed E-state index contributed by atoms with van der Waals surface area (Å²) < 4.78 is 13.4. The molecule has 0 spiro atoms. The molecule has 0 radical (unpaired) electrons. The molecule has 15 heavy (non-hydrogen) atoms. The average molecular weight is 274 g/mol. The van der Waals surface area contributed by atoms with Gasteiger partial charge >= 0.3 is 0 Å². The van der Waals surface area contributed by atoms with Crippen LogP contribution in [-0.2, 0) is 0 Å². The molecule has 0 bridgehead atoms. The van der Waals surface area contributed by atoms with Crippen LogP contribution < -0.4 is 0 Å². The minimum atomic E-state index is -0.457. The lowest BCUT2D eigenvalue weighted by Crippen LogP contribution is -2.29. The van der Waals surface area contributed by atoms with E-state index in [0.717, 1.165) is 5.56 Å². The zero-order chi connectivity index (χ0) is 11.4. The molecule has 1 aromatic carbocycles. The van der Waals surface area contributed by atoms with E-state index in [2.05, 4.69) is 15.9 Å². The molecule has 1 aromatic rings. The Morgan fingerprint density at radius 3 is 2.73 bits per heavy atom. The van der Waals surface area contributed by atoms with Crippen LogP contribution >= 0.6 is 15.9 Å². The number of alkyl halides is 1. The Morgan fingerprint density at radius 1 is 1.53 bits per heavy atom. The molecule has 0 unspecified atom stereocenters. The van der Waals surface area contributed by atoms with Crippen LogP contribution in [0, 0.1) is 12.7 Å². The molecule has 0 aromatic heterocycles. The lowest BCUT2D eigenvalue weighted by molar-refractivity contribution is 0.0799. The minimum Gasteiger partial charge on any atom is -0.341 e. The highest BCUT2D eigenvalue weighted by atomic mass is 79.9. The van der Waals surface area contributed by atoms with Crippen molar-refractivity contribution >= 4 is 21.8 Å². The molecule has 2 nitrogen and oxygen atoms in total. The van der Waals surface area contributed by atoms with E-state index in [4.69, 9.17) is 0 Å². The number of benzene rings is 1. The van der Waals surface area contributed by atoms with Crippen molar-refractivity contribution in [1.29, 1.82) is 0 Å². The standard InChI is InChI=1S/C11H13BrFNO/c1-8-3-4-9(10(13)7-8)11(15)14(2)6-5-12/h3-4,7H,5-6H2,1-2H3. The van der Waals surface area contributed by atoms with Gasteiger partial charge in [0.1, 0.15) is 5.82 Å². The zero-order valence-electron chi connectivity index (χ0n) is 8.76. The van der Waals surface area contributed by atoms with Gasteiger partial charge < -0.3 is 4.90 Å². The van der Waals surface area contributed by atoms with Crippen LogP contribution in [0.2, 0.25) is 0 Å². The monoisotopic (exact) mass is 273 g/mol. The zero-order valence-corrected chi connectivity index (χ0v) is 10.3. The number of hydrogen-bond donors (Lipinski definition) is 0. The van der Waals surface area contributed by atoms with Crippen molar-refractivity contribution < 1.29 is 9.18 Å². The maximum Gasteiger partial charge on any atom is 0.256 e. The lowest BCUT2D eigenvalue weighted by atomic mass is 10.1. The van der Waals surface area contributed by atoms with Crippen LogP contribution in [0.1, 0.15) is 15.9 Å². The van der Waals surface area contributed by atoms with Crippen LogP contribution in [0.5, 0.6) is 0 Å². The second-order valence-corrected chi connectivity index (χ2v) is 4.19. The smallest absolute Gasteiger partial charge is 0.256 e. The summed E-state index contributed by atoms with van der Waals surface area (Å²) >= 11 is 3.23. The quantitative estimate of drug-likeness (QED) is 0.776. The van der Waals surface area contributed by atoms with Crippen molar-refractivity contribution in [1.82, 2.24) is 4.90 Å². The number of nitrogens with zero attached hydrogens (tertiary/aromatic N) is 1. The molecule has 82 valence electrons. The molecular formula is C11H13BrFNO. The fraction of sp³-hybridized carbons (Fsp3) is 0.364. The Hall–Kier alpha value is -0.900. The third-order valence-electron chi connectivity index (χ3n) is 2.12. The molecule has 1 rings (SSSR count). The number of amides is 1. The van der Waals surface area contributed by atoms with Crippen LogP contribution in [0.25, 0.3) is 0 Å². The minimum absolute atomic E-state index is 0.129. The van der Waals surface area contributed by atoms with Gasteiger partial charge in [-0.1, -0.05) is 22.0 Å². The van der Waals surface area contributed by atoms with Gasteiger partial charge in [0.25, 0.3) is 5.91 Å². The number of aryl methyl sites for hydroxylation is 1. The molecule has 0 atom stereocenters. The summed E-state index contributed by atoms with van der Waals surface area (Å²) in [4.78, 5) is 13.2. The van der Waals surface area contributed by atoms with Crippen molar-refractivity contribution in [2.24, 2.45) is 0 Å². The highest BCUT2D eigenvalue weighted by Gasteiger charge is 2.15. The van der Waals surface area contributed by atoms with Gasteiger partial charge in [-0.15, -0.1) is 0 Å². The van der Waals surface area contributed by atoms with Crippen molar-refractivity contribution in [3.63, 3.8) is 0 Å². The number of carbonyl (C=O) groups is 1. The molecule has 4 heteroatoms. The third-order valence-corrected chi connectivity index (χ3v) is 2.48. The first kappa shape index (κ1) is 12.2. The van der Waals surface area contributed by atoms with Gasteiger partial charge in [-0.25, -0.2) is 4.39 Å². The molecule has 0 aliphatic carbocycles. The topological polar surface area (TPSA) is 20.3 Å². The van der Waals surface area contributed by atoms with E-state index >= 15 is 0 Å². The van der Waals surface area contributed by atoms with Crippen LogP contribution in [0.3, 0.4) is 0 Å². The molecule has 0 aliphatic rings. The van der Waals surface area contributed by atoms with E-state index in [1.165, 1.54) is 17.0 Å². The Kier molecular flexibility index (Phi) is 4.27. The van der Waals surface area contributed by atoms with Crippen molar-refractivity contribution in [2.75, 3.05) is 18.9 Å².